The third-order valence-electron chi connectivity index (χ3n) is 3.61. The maximum atomic E-state index is 12.4. The minimum atomic E-state index is -0.636. The molecule has 1 N–H and O–H groups in total. The van der Waals surface area contributed by atoms with Gasteiger partial charge in [-0.1, -0.05) is 23.7 Å². The van der Waals surface area contributed by atoms with Crippen molar-refractivity contribution in [1.82, 2.24) is 19.6 Å². The normalized spacial score (nSPS) is 10.7. The maximum Gasteiger partial charge on any atom is 0.320 e. The second-order valence-electron chi connectivity index (χ2n) is 5.49. The minimum absolute atomic E-state index is 0.221. The molecule has 0 unspecified atom stereocenters. The highest BCUT2D eigenvalue weighted by Gasteiger charge is 2.25. The van der Waals surface area contributed by atoms with E-state index in [-0.39, 0.29) is 11.4 Å². The van der Waals surface area contributed by atoms with Gasteiger partial charge in [0.2, 0.25) is 5.69 Å². The van der Waals surface area contributed by atoms with Gasteiger partial charge >= 0.3 is 5.69 Å². The van der Waals surface area contributed by atoms with Crippen LogP contribution in [0, 0.1) is 10.1 Å². The molecule has 0 aliphatic carbocycles. The number of nitrogens with zero attached hydrogens (tertiary/aromatic N) is 5. The molecule has 0 aliphatic rings. The molecule has 0 spiro atoms. The lowest BCUT2D eigenvalue weighted by atomic mass is 10.2. The number of carbonyl (C=O) groups excluding carboxylic acids is 1. The van der Waals surface area contributed by atoms with Crippen LogP contribution in [0.2, 0.25) is 5.02 Å². The van der Waals surface area contributed by atoms with Crippen LogP contribution in [-0.2, 0) is 13.1 Å². The van der Waals surface area contributed by atoms with Crippen LogP contribution in [0.25, 0.3) is 0 Å². The van der Waals surface area contributed by atoms with Gasteiger partial charge < -0.3 is 5.32 Å². The fourth-order valence-corrected chi connectivity index (χ4v) is 2.57. The highest BCUT2D eigenvalue weighted by Crippen LogP contribution is 2.19. The molecular formula is C16H15ClN6O3. The smallest absolute Gasteiger partial charge is 0.320 e. The van der Waals surface area contributed by atoms with Crippen LogP contribution in [0.5, 0.6) is 0 Å². The van der Waals surface area contributed by atoms with Crippen molar-refractivity contribution in [3.63, 3.8) is 0 Å². The van der Waals surface area contributed by atoms with E-state index in [0.717, 1.165) is 5.56 Å². The predicted molar refractivity (Wildman–Crippen MR) is 95.3 cm³/mol. The van der Waals surface area contributed by atoms with Gasteiger partial charge in [-0.05, 0) is 24.6 Å². The molecule has 9 nitrogen and oxygen atoms in total. The van der Waals surface area contributed by atoms with Crippen LogP contribution >= 0.6 is 11.6 Å². The second kappa shape index (κ2) is 7.36. The molecule has 0 saturated heterocycles. The second-order valence-corrected chi connectivity index (χ2v) is 5.92. The highest BCUT2D eigenvalue weighted by molar-refractivity contribution is 6.30. The molecule has 3 rings (SSSR count). The van der Waals surface area contributed by atoms with E-state index >= 15 is 0 Å². The van der Waals surface area contributed by atoms with E-state index < -0.39 is 10.8 Å². The van der Waals surface area contributed by atoms with Gasteiger partial charge in [0.05, 0.1) is 22.7 Å². The number of hydrogen-bond acceptors (Lipinski definition) is 5. The van der Waals surface area contributed by atoms with Crippen molar-refractivity contribution >= 4 is 28.9 Å². The molecule has 0 bridgehead atoms. The van der Waals surface area contributed by atoms with Gasteiger partial charge in [-0.15, -0.1) is 0 Å². The SMILES string of the molecule is CCn1cc([N+](=O)[O-])c(C(=O)Nc2cccc(Cn3cc(Cl)cn3)c2)n1. The number of halogens is 1. The number of aryl methyl sites for hydroxylation is 1. The molecule has 0 saturated carbocycles. The average Bonchev–Trinajstić information content (AvgIpc) is 3.21. The van der Waals surface area contributed by atoms with Crippen LogP contribution in [-0.4, -0.2) is 30.4 Å². The van der Waals surface area contributed by atoms with E-state index in [9.17, 15) is 14.9 Å². The van der Waals surface area contributed by atoms with E-state index in [4.69, 9.17) is 11.6 Å². The summed E-state index contributed by atoms with van der Waals surface area (Å²) >= 11 is 5.84. The lowest BCUT2D eigenvalue weighted by Gasteiger charge is -2.07. The Morgan fingerprint density at radius 3 is 2.81 bits per heavy atom. The Morgan fingerprint density at radius 1 is 1.35 bits per heavy atom. The largest absolute Gasteiger partial charge is 0.320 e. The molecular weight excluding hydrogens is 360 g/mol. The molecule has 1 amide bonds. The molecule has 134 valence electrons. The summed E-state index contributed by atoms with van der Waals surface area (Å²) in [7, 11) is 0. The van der Waals surface area contributed by atoms with Crippen molar-refractivity contribution in [2.75, 3.05) is 5.32 Å². The van der Waals surface area contributed by atoms with Crippen molar-refractivity contribution in [3.8, 4) is 0 Å². The number of carbonyl (C=O) groups is 1. The molecule has 3 aromatic rings. The van der Waals surface area contributed by atoms with Gasteiger partial charge in [-0.2, -0.15) is 10.2 Å². The van der Waals surface area contributed by atoms with Crippen molar-refractivity contribution in [3.05, 3.63) is 69.3 Å². The van der Waals surface area contributed by atoms with Crippen LogP contribution in [0.3, 0.4) is 0 Å². The zero-order chi connectivity index (χ0) is 18.7. The quantitative estimate of drug-likeness (QED) is 0.527. The summed E-state index contributed by atoms with van der Waals surface area (Å²) in [6, 6.07) is 7.10. The zero-order valence-corrected chi connectivity index (χ0v) is 14.6. The summed E-state index contributed by atoms with van der Waals surface area (Å²) in [6.45, 7) is 2.68. The Morgan fingerprint density at radius 2 is 2.15 bits per heavy atom. The van der Waals surface area contributed by atoms with Gasteiger partial charge in [-0.3, -0.25) is 24.3 Å². The average molecular weight is 375 g/mol. The summed E-state index contributed by atoms with van der Waals surface area (Å²) in [6.07, 6.45) is 4.47. The number of aromatic nitrogens is 4. The van der Waals surface area contributed by atoms with E-state index in [0.29, 0.717) is 23.8 Å². The highest BCUT2D eigenvalue weighted by atomic mass is 35.5. The lowest BCUT2D eigenvalue weighted by Crippen LogP contribution is -2.15. The standard InChI is InChI=1S/C16H15ClN6O3/c1-2-21-10-14(23(25)26)15(20-21)16(24)19-13-5-3-4-11(6-13)8-22-9-12(17)7-18-22/h3-7,9-10H,2,8H2,1H3,(H,19,24). The summed E-state index contributed by atoms with van der Waals surface area (Å²) < 4.78 is 3.02. The number of nitrogens with one attached hydrogen (secondary N) is 1. The topological polar surface area (TPSA) is 108 Å². The summed E-state index contributed by atoms with van der Waals surface area (Å²) in [4.78, 5) is 22.9. The zero-order valence-electron chi connectivity index (χ0n) is 13.8. The van der Waals surface area contributed by atoms with Gasteiger partial charge in [-0.25, -0.2) is 0 Å². The van der Waals surface area contributed by atoms with E-state index in [2.05, 4.69) is 15.5 Å². The Labute approximate surface area is 153 Å². The summed E-state index contributed by atoms with van der Waals surface area (Å²) in [5.41, 5.74) is 0.843. The number of anilines is 1. The fourth-order valence-electron chi connectivity index (χ4n) is 2.42. The van der Waals surface area contributed by atoms with Crippen LogP contribution < -0.4 is 5.32 Å². The first-order valence-corrected chi connectivity index (χ1v) is 8.14. The number of hydrogen-bond donors (Lipinski definition) is 1. The van der Waals surface area contributed by atoms with Crippen molar-refractivity contribution in [2.24, 2.45) is 0 Å². The summed E-state index contributed by atoms with van der Waals surface area (Å²) in [5.74, 6) is -0.636. The van der Waals surface area contributed by atoms with Gasteiger partial charge in [0.15, 0.2) is 0 Å². The number of rotatable bonds is 6. The molecule has 26 heavy (non-hydrogen) atoms. The Hall–Kier alpha value is -3.20. The maximum absolute atomic E-state index is 12.4. The predicted octanol–water partition coefficient (Wildman–Crippen LogP) is 2.96. The third kappa shape index (κ3) is 3.89. The van der Waals surface area contributed by atoms with Crippen molar-refractivity contribution < 1.29 is 9.72 Å². The number of benzene rings is 1. The van der Waals surface area contributed by atoms with E-state index in [1.54, 1.807) is 36.0 Å². The first-order valence-electron chi connectivity index (χ1n) is 7.76. The van der Waals surface area contributed by atoms with E-state index in [1.165, 1.54) is 17.1 Å². The molecule has 0 aliphatic heterocycles. The lowest BCUT2D eigenvalue weighted by molar-refractivity contribution is -0.385. The van der Waals surface area contributed by atoms with E-state index in [1.807, 2.05) is 6.07 Å². The fraction of sp³-hybridized carbons (Fsp3) is 0.188. The summed E-state index contributed by atoms with van der Waals surface area (Å²) in [5, 5.41) is 22.4. The first kappa shape index (κ1) is 17.6. The number of nitro groups is 1. The molecule has 0 radical (unpaired) electrons. The van der Waals surface area contributed by atoms with Gasteiger partial charge in [0, 0.05) is 18.4 Å². The van der Waals surface area contributed by atoms with Crippen LogP contribution in [0.4, 0.5) is 11.4 Å². The minimum Gasteiger partial charge on any atom is -0.320 e. The molecule has 2 aromatic heterocycles. The molecule has 0 fully saturated rings. The van der Waals surface area contributed by atoms with Gasteiger partial charge in [0.25, 0.3) is 5.91 Å². The molecule has 1 aromatic carbocycles. The van der Waals surface area contributed by atoms with Gasteiger partial charge in [0.1, 0.15) is 6.20 Å². The number of amides is 1. The molecule has 10 heteroatoms. The Balaban J connectivity index is 1.78. The van der Waals surface area contributed by atoms with Crippen molar-refractivity contribution in [1.29, 1.82) is 0 Å². The van der Waals surface area contributed by atoms with Crippen molar-refractivity contribution in [2.45, 2.75) is 20.0 Å². The van der Waals surface area contributed by atoms with Crippen LogP contribution in [0.1, 0.15) is 23.0 Å². The van der Waals surface area contributed by atoms with Crippen LogP contribution in [0.15, 0.2) is 42.9 Å². The molecule has 0 atom stereocenters. The first-order chi connectivity index (χ1) is 12.5. The third-order valence-corrected chi connectivity index (χ3v) is 3.80. The Bertz CT molecular complexity index is 965. The Kier molecular flexibility index (Phi) is 4.99. The monoisotopic (exact) mass is 374 g/mol. The molecule has 2 heterocycles.